The van der Waals surface area contributed by atoms with Crippen molar-refractivity contribution in [2.45, 2.75) is 11.2 Å². The first-order valence-corrected chi connectivity index (χ1v) is 7.11. The molecule has 0 nitrogen and oxygen atoms in total. The van der Waals surface area contributed by atoms with E-state index in [9.17, 15) is 8.78 Å². The molecule has 2 aromatic carbocycles. The van der Waals surface area contributed by atoms with Crippen LogP contribution in [0.2, 0.25) is 0 Å². The van der Waals surface area contributed by atoms with E-state index in [0.717, 1.165) is 16.1 Å². The molecule has 0 bridgehead atoms. The van der Waals surface area contributed by atoms with Gasteiger partial charge in [-0.15, -0.1) is 0 Å². The minimum Gasteiger partial charge on any atom is -0.207 e. The lowest BCUT2D eigenvalue weighted by molar-refractivity contribution is 0.571. The van der Waals surface area contributed by atoms with Crippen LogP contribution in [0.25, 0.3) is 0 Å². The topological polar surface area (TPSA) is 0 Å². The molecule has 2 rings (SSSR count). The van der Waals surface area contributed by atoms with Crippen molar-refractivity contribution in [1.29, 1.82) is 0 Å². The summed E-state index contributed by atoms with van der Waals surface area (Å²) in [4.78, 5) is -0.0203. The van der Waals surface area contributed by atoms with E-state index < -0.39 is 11.6 Å². The van der Waals surface area contributed by atoms with Gasteiger partial charge < -0.3 is 0 Å². The highest BCUT2D eigenvalue weighted by Crippen LogP contribution is 2.32. The zero-order valence-corrected chi connectivity index (χ0v) is 12.5. The molecule has 0 N–H and O–H groups in total. The second-order valence-corrected chi connectivity index (χ2v) is 5.89. The molecule has 94 valence electrons. The maximum atomic E-state index is 13.6. The minimum absolute atomic E-state index is 0.0203. The van der Waals surface area contributed by atoms with Crippen LogP contribution >= 0.6 is 31.9 Å². The molecule has 0 heterocycles. The van der Waals surface area contributed by atoms with Crippen LogP contribution in [0.1, 0.15) is 16.0 Å². The van der Waals surface area contributed by atoms with Crippen molar-refractivity contribution in [1.82, 2.24) is 0 Å². The second-order valence-electron chi connectivity index (χ2n) is 3.93. The lowest BCUT2D eigenvalue weighted by Crippen LogP contribution is -1.99. The van der Waals surface area contributed by atoms with Crippen LogP contribution in [-0.2, 0) is 6.42 Å². The molecule has 0 radical (unpaired) electrons. The molecular formula is C14H10Br2F2. The van der Waals surface area contributed by atoms with Crippen molar-refractivity contribution in [3.63, 3.8) is 0 Å². The van der Waals surface area contributed by atoms with E-state index in [-0.39, 0.29) is 4.83 Å². The van der Waals surface area contributed by atoms with Gasteiger partial charge in [0.15, 0.2) is 0 Å². The average molecular weight is 376 g/mol. The van der Waals surface area contributed by atoms with Gasteiger partial charge in [0, 0.05) is 15.4 Å². The van der Waals surface area contributed by atoms with Crippen molar-refractivity contribution in [3.8, 4) is 0 Å². The minimum atomic E-state index is -0.553. The SMILES string of the molecule is Fc1ccc(CC(Br)c2ccccc2Br)c(F)c1. The number of hydrogen-bond acceptors (Lipinski definition) is 0. The molecule has 4 heteroatoms. The van der Waals surface area contributed by atoms with Gasteiger partial charge in [-0.2, -0.15) is 0 Å². The van der Waals surface area contributed by atoms with E-state index in [1.165, 1.54) is 12.1 Å². The first-order chi connectivity index (χ1) is 8.58. The number of halogens is 4. The Hall–Kier alpha value is -0.740. The summed E-state index contributed by atoms with van der Waals surface area (Å²) in [5, 5.41) is 0. The first kappa shape index (κ1) is 13.7. The zero-order valence-electron chi connectivity index (χ0n) is 9.34. The Kier molecular flexibility index (Phi) is 4.51. The van der Waals surface area contributed by atoms with E-state index >= 15 is 0 Å². The van der Waals surface area contributed by atoms with Crippen LogP contribution < -0.4 is 0 Å². The maximum Gasteiger partial charge on any atom is 0.129 e. The number of benzene rings is 2. The van der Waals surface area contributed by atoms with E-state index in [1.807, 2.05) is 24.3 Å². The number of hydrogen-bond donors (Lipinski definition) is 0. The fourth-order valence-electron chi connectivity index (χ4n) is 1.72. The Bertz CT molecular complexity index is 555. The van der Waals surface area contributed by atoms with E-state index in [4.69, 9.17) is 0 Å². The number of alkyl halides is 1. The van der Waals surface area contributed by atoms with Crippen molar-refractivity contribution in [2.24, 2.45) is 0 Å². The Morgan fingerprint density at radius 2 is 1.78 bits per heavy atom. The normalized spacial score (nSPS) is 12.4. The van der Waals surface area contributed by atoms with Crippen molar-refractivity contribution >= 4 is 31.9 Å². The largest absolute Gasteiger partial charge is 0.207 e. The van der Waals surface area contributed by atoms with Crippen LogP contribution in [0.15, 0.2) is 46.9 Å². The summed E-state index contributed by atoms with van der Waals surface area (Å²) in [5.41, 5.74) is 1.54. The van der Waals surface area contributed by atoms with Gasteiger partial charge >= 0.3 is 0 Å². The van der Waals surface area contributed by atoms with Gasteiger partial charge in [0.2, 0.25) is 0 Å². The van der Waals surface area contributed by atoms with Gasteiger partial charge in [0.05, 0.1) is 0 Å². The Labute approximate surface area is 121 Å². The zero-order chi connectivity index (χ0) is 13.1. The van der Waals surface area contributed by atoms with Crippen LogP contribution in [0, 0.1) is 11.6 Å². The Morgan fingerprint density at radius 3 is 2.44 bits per heavy atom. The highest BCUT2D eigenvalue weighted by atomic mass is 79.9. The molecule has 0 saturated heterocycles. The summed E-state index contributed by atoms with van der Waals surface area (Å²) in [6.45, 7) is 0. The molecule has 0 aliphatic rings. The van der Waals surface area contributed by atoms with Crippen molar-refractivity contribution in [3.05, 3.63) is 69.7 Å². The summed E-state index contributed by atoms with van der Waals surface area (Å²) in [5.74, 6) is -1.06. The molecule has 2 aromatic rings. The van der Waals surface area contributed by atoms with Gasteiger partial charge in [-0.05, 0) is 29.7 Å². The molecule has 0 fully saturated rings. The third-order valence-electron chi connectivity index (χ3n) is 2.66. The predicted octanol–water partition coefficient (Wildman–Crippen LogP) is 5.41. The highest BCUT2D eigenvalue weighted by molar-refractivity contribution is 9.11. The monoisotopic (exact) mass is 374 g/mol. The van der Waals surface area contributed by atoms with E-state index in [2.05, 4.69) is 31.9 Å². The molecule has 0 aromatic heterocycles. The van der Waals surface area contributed by atoms with Crippen molar-refractivity contribution in [2.75, 3.05) is 0 Å². The lowest BCUT2D eigenvalue weighted by Gasteiger charge is -2.12. The van der Waals surface area contributed by atoms with Gasteiger partial charge in [-0.25, -0.2) is 8.78 Å². The lowest BCUT2D eigenvalue weighted by atomic mass is 10.0. The maximum absolute atomic E-state index is 13.6. The summed E-state index contributed by atoms with van der Waals surface area (Å²) in [6.07, 6.45) is 0.467. The predicted molar refractivity (Wildman–Crippen MR) is 75.9 cm³/mol. The quantitative estimate of drug-likeness (QED) is 0.629. The molecule has 0 amide bonds. The van der Waals surface area contributed by atoms with Crippen LogP contribution in [0.5, 0.6) is 0 Å². The fraction of sp³-hybridized carbons (Fsp3) is 0.143. The van der Waals surface area contributed by atoms with Gasteiger partial charge in [0.25, 0.3) is 0 Å². The summed E-state index contributed by atoms with van der Waals surface area (Å²) >= 11 is 6.99. The van der Waals surface area contributed by atoms with Gasteiger partial charge in [-0.1, -0.05) is 56.1 Å². The molecule has 0 aliphatic carbocycles. The highest BCUT2D eigenvalue weighted by Gasteiger charge is 2.14. The second kappa shape index (κ2) is 5.93. The van der Waals surface area contributed by atoms with Crippen LogP contribution in [0.4, 0.5) is 8.78 Å². The first-order valence-electron chi connectivity index (χ1n) is 5.40. The summed E-state index contributed by atoms with van der Waals surface area (Å²) < 4.78 is 27.3. The van der Waals surface area contributed by atoms with E-state index in [1.54, 1.807) is 0 Å². The molecule has 0 spiro atoms. The molecule has 1 atom stereocenters. The Morgan fingerprint density at radius 1 is 1.06 bits per heavy atom. The van der Waals surface area contributed by atoms with Gasteiger partial charge in [-0.3, -0.25) is 0 Å². The molecule has 1 unspecified atom stereocenters. The summed E-state index contributed by atoms with van der Waals surface area (Å²) in [7, 11) is 0. The molecule has 18 heavy (non-hydrogen) atoms. The third kappa shape index (κ3) is 3.18. The third-order valence-corrected chi connectivity index (χ3v) is 4.20. The average Bonchev–Trinajstić information content (AvgIpc) is 2.33. The van der Waals surface area contributed by atoms with Crippen LogP contribution in [0.3, 0.4) is 0 Å². The molecule has 0 aliphatic heterocycles. The van der Waals surface area contributed by atoms with Crippen LogP contribution in [-0.4, -0.2) is 0 Å². The molecule has 0 saturated carbocycles. The Balaban J connectivity index is 2.21. The smallest absolute Gasteiger partial charge is 0.129 e. The number of rotatable bonds is 3. The fourth-order valence-corrected chi connectivity index (χ4v) is 3.34. The standard InChI is InChI=1S/C14H10Br2F2/c15-12-4-2-1-3-11(12)13(16)7-9-5-6-10(17)8-14(9)18/h1-6,8,13H,7H2. The molecular weight excluding hydrogens is 366 g/mol. The van der Waals surface area contributed by atoms with E-state index in [0.29, 0.717) is 12.0 Å². The summed E-state index contributed by atoms with van der Waals surface area (Å²) in [6, 6.07) is 11.4. The van der Waals surface area contributed by atoms with Crippen molar-refractivity contribution < 1.29 is 8.78 Å². The van der Waals surface area contributed by atoms with Gasteiger partial charge in [0.1, 0.15) is 11.6 Å².